The normalized spacial score (nSPS) is 8.80. The maximum absolute atomic E-state index is 5.19. The zero-order valence-electron chi connectivity index (χ0n) is 5.32. The molecule has 1 rings (SSSR count). The van der Waals surface area contributed by atoms with Crippen molar-refractivity contribution in [3.63, 3.8) is 0 Å². The zero-order valence-corrected chi connectivity index (χ0v) is 6.14. The lowest BCUT2D eigenvalue weighted by Crippen LogP contribution is -2.17. The Balaban J connectivity index is 2.67. The molecule has 1 aromatic carbocycles. The second-order valence-corrected chi connectivity index (χ2v) is 2.20. The SMILES string of the molecule is NC(=S)[N]c1ccccc1. The Morgan fingerprint density at radius 3 is 2.40 bits per heavy atom. The monoisotopic (exact) mass is 151 g/mol. The van der Waals surface area contributed by atoms with Crippen LogP contribution in [-0.4, -0.2) is 5.11 Å². The summed E-state index contributed by atoms with van der Waals surface area (Å²) < 4.78 is 0. The van der Waals surface area contributed by atoms with Gasteiger partial charge in [-0.2, -0.15) is 0 Å². The van der Waals surface area contributed by atoms with Crippen LogP contribution in [0.3, 0.4) is 0 Å². The van der Waals surface area contributed by atoms with Crippen molar-refractivity contribution >= 4 is 23.0 Å². The first-order valence-electron chi connectivity index (χ1n) is 2.85. The van der Waals surface area contributed by atoms with Gasteiger partial charge in [-0.3, -0.25) is 0 Å². The van der Waals surface area contributed by atoms with Crippen molar-refractivity contribution < 1.29 is 0 Å². The first kappa shape index (κ1) is 7.02. The second kappa shape index (κ2) is 3.17. The first-order valence-corrected chi connectivity index (χ1v) is 3.26. The third-order valence-electron chi connectivity index (χ3n) is 0.995. The Hall–Kier alpha value is -1.09. The van der Waals surface area contributed by atoms with Crippen LogP contribution >= 0.6 is 12.2 Å². The van der Waals surface area contributed by atoms with Crippen LogP contribution in [0.1, 0.15) is 0 Å². The Bertz CT molecular complexity index is 220. The summed E-state index contributed by atoms with van der Waals surface area (Å²) in [6, 6.07) is 9.38. The van der Waals surface area contributed by atoms with E-state index in [9.17, 15) is 0 Å². The Kier molecular flexibility index (Phi) is 2.23. The molecule has 1 aromatic rings. The minimum absolute atomic E-state index is 0.172. The molecule has 0 aliphatic carbocycles. The molecule has 0 spiro atoms. The highest BCUT2D eigenvalue weighted by molar-refractivity contribution is 7.80. The molecule has 0 bridgehead atoms. The standard InChI is InChI=1S/C7H7N2S/c8-7(10)9-6-4-2-1-3-5-6/h1-5H,(H2,8,10). The van der Waals surface area contributed by atoms with Gasteiger partial charge < -0.3 is 5.73 Å². The van der Waals surface area contributed by atoms with E-state index in [1.165, 1.54) is 0 Å². The fraction of sp³-hybridized carbons (Fsp3) is 0. The molecule has 0 saturated carbocycles. The van der Waals surface area contributed by atoms with Crippen LogP contribution in [0.5, 0.6) is 0 Å². The van der Waals surface area contributed by atoms with Gasteiger partial charge in [0.2, 0.25) is 0 Å². The molecule has 0 aliphatic rings. The molecule has 1 radical (unpaired) electrons. The maximum Gasteiger partial charge on any atom is 0.190 e. The summed E-state index contributed by atoms with van der Waals surface area (Å²) in [5.74, 6) is 0. The molecule has 0 aromatic heterocycles. The third kappa shape index (κ3) is 2.03. The van der Waals surface area contributed by atoms with E-state index >= 15 is 0 Å². The number of thiocarbonyl (C=S) groups is 1. The Morgan fingerprint density at radius 2 is 1.90 bits per heavy atom. The molecule has 2 N–H and O–H groups in total. The zero-order chi connectivity index (χ0) is 7.40. The van der Waals surface area contributed by atoms with Crippen molar-refractivity contribution in [2.24, 2.45) is 5.73 Å². The predicted octanol–water partition coefficient (Wildman–Crippen LogP) is 1.17. The predicted molar refractivity (Wildman–Crippen MR) is 45.0 cm³/mol. The van der Waals surface area contributed by atoms with E-state index in [0.29, 0.717) is 0 Å². The van der Waals surface area contributed by atoms with Gasteiger partial charge in [0.15, 0.2) is 5.11 Å². The lowest BCUT2D eigenvalue weighted by molar-refractivity contribution is 1.26. The number of hydrogen-bond acceptors (Lipinski definition) is 1. The highest BCUT2D eigenvalue weighted by atomic mass is 32.1. The molecular weight excluding hydrogens is 144 g/mol. The molecule has 0 heterocycles. The van der Waals surface area contributed by atoms with Gasteiger partial charge in [-0.15, -0.1) is 0 Å². The van der Waals surface area contributed by atoms with Crippen LogP contribution in [-0.2, 0) is 0 Å². The van der Waals surface area contributed by atoms with Gasteiger partial charge in [0, 0.05) is 0 Å². The molecule has 51 valence electrons. The Labute approximate surface area is 65.0 Å². The summed E-state index contributed by atoms with van der Waals surface area (Å²) in [6.07, 6.45) is 0. The van der Waals surface area contributed by atoms with E-state index in [1.807, 2.05) is 30.3 Å². The Morgan fingerprint density at radius 1 is 1.30 bits per heavy atom. The molecule has 0 fully saturated rings. The smallest absolute Gasteiger partial charge is 0.190 e. The van der Waals surface area contributed by atoms with Gasteiger partial charge in [-0.25, -0.2) is 5.32 Å². The van der Waals surface area contributed by atoms with Crippen LogP contribution in [0.2, 0.25) is 0 Å². The van der Waals surface area contributed by atoms with E-state index in [1.54, 1.807) is 0 Å². The number of para-hydroxylation sites is 1. The van der Waals surface area contributed by atoms with Gasteiger partial charge in [-0.05, 0) is 24.4 Å². The van der Waals surface area contributed by atoms with Gasteiger partial charge in [-0.1, -0.05) is 18.2 Å². The third-order valence-corrected chi connectivity index (χ3v) is 1.09. The lowest BCUT2D eigenvalue weighted by atomic mass is 10.3. The topological polar surface area (TPSA) is 40.1 Å². The second-order valence-electron chi connectivity index (χ2n) is 1.79. The quantitative estimate of drug-likeness (QED) is 0.612. The van der Waals surface area contributed by atoms with Gasteiger partial charge in [0.05, 0.1) is 5.69 Å². The molecule has 3 heteroatoms. The summed E-state index contributed by atoms with van der Waals surface area (Å²) in [6.45, 7) is 0. The summed E-state index contributed by atoms with van der Waals surface area (Å²) in [7, 11) is 0. The van der Waals surface area contributed by atoms with Gasteiger partial charge in [0.1, 0.15) is 0 Å². The van der Waals surface area contributed by atoms with E-state index in [-0.39, 0.29) is 5.11 Å². The molecule has 10 heavy (non-hydrogen) atoms. The van der Waals surface area contributed by atoms with Crippen LogP contribution < -0.4 is 11.1 Å². The molecule has 2 nitrogen and oxygen atoms in total. The van der Waals surface area contributed by atoms with Crippen LogP contribution in [0.25, 0.3) is 0 Å². The fourth-order valence-electron chi connectivity index (χ4n) is 0.630. The van der Waals surface area contributed by atoms with Crippen molar-refractivity contribution in [1.29, 1.82) is 0 Å². The molecule has 0 atom stereocenters. The minimum Gasteiger partial charge on any atom is -0.374 e. The number of benzene rings is 1. The lowest BCUT2D eigenvalue weighted by Gasteiger charge is -1.96. The van der Waals surface area contributed by atoms with E-state index in [2.05, 4.69) is 17.5 Å². The van der Waals surface area contributed by atoms with Crippen molar-refractivity contribution in [2.75, 3.05) is 0 Å². The van der Waals surface area contributed by atoms with E-state index in [4.69, 9.17) is 5.73 Å². The van der Waals surface area contributed by atoms with Crippen molar-refractivity contribution in [3.05, 3.63) is 30.3 Å². The highest BCUT2D eigenvalue weighted by Crippen LogP contribution is 2.03. The van der Waals surface area contributed by atoms with Crippen molar-refractivity contribution in [2.45, 2.75) is 0 Å². The fourth-order valence-corrected chi connectivity index (χ4v) is 0.735. The summed E-state index contributed by atoms with van der Waals surface area (Å²) in [5, 5.41) is 4.04. The first-order chi connectivity index (χ1) is 4.79. The van der Waals surface area contributed by atoms with E-state index in [0.717, 1.165) is 5.69 Å². The number of nitrogens with two attached hydrogens (primary N) is 1. The van der Waals surface area contributed by atoms with Crippen LogP contribution in [0.4, 0.5) is 5.69 Å². The van der Waals surface area contributed by atoms with Crippen molar-refractivity contribution in [1.82, 2.24) is 5.32 Å². The largest absolute Gasteiger partial charge is 0.374 e. The number of nitrogens with zero attached hydrogens (tertiary/aromatic N) is 1. The molecule has 0 amide bonds. The van der Waals surface area contributed by atoms with Crippen LogP contribution in [0, 0.1) is 0 Å². The van der Waals surface area contributed by atoms with Crippen LogP contribution in [0.15, 0.2) is 30.3 Å². The average molecular weight is 151 g/mol. The highest BCUT2D eigenvalue weighted by Gasteiger charge is 1.90. The molecule has 0 aliphatic heterocycles. The summed E-state index contributed by atoms with van der Waals surface area (Å²) >= 11 is 4.59. The number of rotatable bonds is 1. The molecular formula is C7H7N2S. The molecule has 0 unspecified atom stereocenters. The summed E-state index contributed by atoms with van der Waals surface area (Å²) in [4.78, 5) is 0. The van der Waals surface area contributed by atoms with E-state index < -0.39 is 0 Å². The number of hydrogen-bond donors (Lipinski definition) is 1. The average Bonchev–Trinajstić information content (AvgIpc) is 1.88. The minimum atomic E-state index is 0.172. The van der Waals surface area contributed by atoms with Crippen molar-refractivity contribution in [3.8, 4) is 0 Å². The molecule has 0 saturated heterocycles. The van der Waals surface area contributed by atoms with Gasteiger partial charge >= 0.3 is 0 Å². The van der Waals surface area contributed by atoms with Gasteiger partial charge in [0.25, 0.3) is 0 Å². The maximum atomic E-state index is 5.19. The summed E-state index contributed by atoms with van der Waals surface area (Å²) in [5.41, 5.74) is 5.99.